The molecule has 0 radical (unpaired) electrons. The minimum atomic E-state index is 0. The van der Waals surface area contributed by atoms with Crippen molar-refractivity contribution >= 4 is 22.8 Å². The van der Waals surface area contributed by atoms with Gasteiger partial charge < -0.3 is 15.9 Å². The molecule has 5 nitrogen and oxygen atoms in total. The molecule has 2 aromatic carbocycles. The third-order valence-corrected chi connectivity index (χ3v) is 4.74. The summed E-state index contributed by atoms with van der Waals surface area (Å²) in [6, 6.07) is 20.6. The van der Waals surface area contributed by atoms with Gasteiger partial charge in [-0.15, -0.1) is 11.8 Å². The fraction of sp³-hybridized carbons (Fsp3) is 0.100. The molecule has 6 heteroatoms. The molecule has 0 fully saturated rings. The van der Waals surface area contributed by atoms with Crippen molar-refractivity contribution in [1.82, 2.24) is 15.0 Å². The molecule has 0 aliphatic rings. The molecule has 5 N–H and O–H groups in total. The molecule has 0 bridgehead atoms. The summed E-state index contributed by atoms with van der Waals surface area (Å²) in [7, 11) is 0. The molecule has 2 heterocycles. The minimum Gasteiger partial charge on any atom is -0.412 e. The number of imidazole rings is 1. The van der Waals surface area contributed by atoms with E-state index in [0.29, 0.717) is 0 Å². The van der Waals surface area contributed by atoms with Gasteiger partial charge in [-0.1, -0.05) is 37.3 Å². The van der Waals surface area contributed by atoms with E-state index < -0.39 is 0 Å². The smallest absolute Gasteiger partial charge is 0.138 e. The summed E-state index contributed by atoms with van der Waals surface area (Å²) >= 11 is 1.84. The Morgan fingerprint density at radius 3 is 2.54 bits per heavy atom. The number of nitrogens with zero attached hydrogens (tertiary/aromatic N) is 2. The molecule has 0 spiro atoms. The van der Waals surface area contributed by atoms with E-state index in [1.807, 2.05) is 42.2 Å². The first-order valence-corrected chi connectivity index (χ1v) is 8.96. The van der Waals surface area contributed by atoms with Crippen LogP contribution in [0.2, 0.25) is 0 Å². The van der Waals surface area contributed by atoms with Crippen molar-refractivity contribution in [2.75, 3.05) is 5.75 Å². The second-order valence-corrected chi connectivity index (χ2v) is 6.83. The molecule has 0 saturated heterocycles. The molecule has 2 aromatic heterocycles. The molecule has 0 amide bonds. The zero-order chi connectivity index (χ0) is 16.4. The number of pyridine rings is 1. The standard InChI is InChI=1S/C20H17N3S.2H2O.H2/c1-2-24-16-8-9-17-19(13-16)23-20(22-17)15-10-11-21-18(12-15)14-6-4-3-5-7-14;;;/h3-13H,2H2,1H3,(H,22,23);2*1H2;1H. The molecule has 0 unspecified atom stereocenters. The molecular formula is C20H23N3O2S. The number of fused-ring (bicyclic) bond motifs is 1. The molecule has 0 aliphatic heterocycles. The number of nitrogens with one attached hydrogen (secondary N) is 1. The van der Waals surface area contributed by atoms with Gasteiger partial charge in [0.15, 0.2) is 0 Å². The second-order valence-electron chi connectivity index (χ2n) is 5.49. The van der Waals surface area contributed by atoms with Crippen molar-refractivity contribution in [3.63, 3.8) is 0 Å². The van der Waals surface area contributed by atoms with Crippen molar-refractivity contribution in [1.29, 1.82) is 0 Å². The van der Waals surface area contributed by atoms with Crippen LogP contribution in [0, 0.1) is 0 Å². The number of aromatic amines is 1. The molecule has 0 atom stereocenters. The number of hydrogen-bond acceptors (Lipinski definition) is 3. The van der Waals surface area contributed by atoms with Gasteiger partial charge in [-0.2, -0.15) is 0 Å². The Labute approximate surface area is 157 Å². The third kappa shape index (κ3) is 3.94. The molecule has 26 heavy (non-hydrogen) atoms. The first kappa shape index (κ1) is 19.7. The monoisotopic (exact) mass is 369 g/mol. The maximum absolute atomic E-state index is 4.73. The van der Waals surface area contributed by atoms with Crippen molar-refractivity contribution in [2.24, 2.45) is 0 Å². The summed E-state index contributed by atoms with van der Waals surface area (Å²) in [6.45, 7) is 2.16. The first-order valence-electron chi connectivity index (χ1n) is 7.98. The van der Waals surface area contributed by atoms with Crippen LogP contribution >= 0.6 is 11.8 Å². The van der Waals surface area contributed by atoms with Crippen LogP contribution in [0.3, 0.4) is 0 Å². The summed E-state index contributed by atoms with van der Waals surface area (Å²) in [4.78, 5) is 13.9. The lowest BCUT2D eigenvalue weighted by molar-refractivity contribution is 0.823. The zero-order valence-corrected chi connectivity index (χ0v) is 15.2. The number of H-pyrrole nitrogens is 1. The highest BCUT2D eigenvalue weighted by Crippen LogP contribution is 2.27. The number of rotatable bonds is 4. The van der Waals surface area contributed by atoms with Crippen LogP contribution in [0.4, 0.5) is 0 Å². The zero-order valence-electron chi connectivity index (χ0n) is 14.4. The van der Waals surface area contributed by atoms with Crippen LogP contribution in [0.1, 0.15) is 8.35 Å². The number of benzene rings is 2. The highest BCUT2D eigenvalue weighted by molar-refractivity contribution is 7.99. The Morgan fingerprint density at radius 2 is 1.77 bits per heavy atom. The Hall–Kier alpha value is -2.67. The summed E-state index contributed by atoms with van der Waals surface area (Å²) in [5.41, 5.74) is 5.17. The Kier molecular flexibility index (Phi) is 6.52. The van der Waals surface area contributed by atoms with Crippen molar-refractivity contribution in [3.05, 3.63) is 66.9 Å². The fourth-order valence-electron chi connectivity index (χ4n) is 2.73. The van der Waals surface area contributed by atoms with E-state index >= 15 is 0 Å². The quantitative estimate of drug-likeness (QED) is 0.550. The number of hydrogen-bond donors (Lipinski definition) is 1. The van der Waals surface area contributed by atoms with Gasteiger partial charge >= 0.3 is 0 Å². The van der Waals surface area contributed by atoms with Gasteiger partial charge in [0, 0.05) is 23.6 Å². The number of thioether (sulfide) groups is 1. The summed E-state index contributed by atoms with van der Waals surface area (Å²) in [5.74, 6) is 1.94. The highest BCUT2D eigenvalue weighted by Gasteiger charge is 2.08. The van der Waals surface area contributed by atoms with Gasteiger partial charge in [0.05, 0.1) is 16.7 Å². The molecular weight excluding hydrogens is 346 g/mol. The topological polar surface area (TPSA) is 105 Å². The lowest BCUT2D eigenvalue weighted by Gasteiger charge is -2.02. The summed E-state index contributed by atoms with van der Waals surface area (Å²) in [5, 5.41) is 0. The van der Waals surface area contributed by atoms with Gasteiger partial charge in [-0.3, -0.25) is 4.98 Å². The van der Waals surface area contributed by atoms with Crippen molar-refractivity contribution < 1.29 is 12.4 Å². The lowest BCUT2D eigenvalue weighted by atomic mass is 10.1. The first-order chi connectivity index (χ1) is 11.8. The maximum atomic E-state index is 4.73. The Morgan fingerprint density at radius 1 is 0.962 bits per heavy atom. The van der Waals surface area contributed by atoms with E-state index in [2.05, 4.69) is 53.3 Å². The van der Waals surface area contributed by atoms with Crippen molar-refractivity contribution in [2.45, 2.75) is 11.8 Å². The predicted octanol–water partition coefficient (Wildman–Crippen LogP) is 4.00. The van der Waals surface area contributed by atoms with Crippen molar-refractivity contribution in [3.8, 4) is 22.6 Å². The van der Waals surface area contributed by atoms with Gasteiger partial charge in [0.2, 0.25) is 0 Å². The largest absolute Gasteiger partial charge is 0.412 e. The fourth-order valence-corrected chi connectivity index (χ4v) is 3.43. The van der Waals surface area contributed by atoms with Gasteiger partial charge in [-0.25, -0.2) is 4.98 Å². The van der Waals surface area contributed by atoms with E-state index in [-0.39, 0.29) is 12.4 Å². The normalized spacial score (nSPS) is 10.2. The van der Waals surface area contributed by atoms with E-state index in [0.717, 1.165) is 39.4 Å². The van der Waals surface area contributed by atoms with E-state index in [1.165, 1.54) is 4.90 Å². The minimum absolute atomic E-state index is 0. The average molecular weight is 369 g/mol. The third-order valence-electron chi connectivity index (χ3n) is 3.87. The van der Waals surface area contributed by atoms with Gasteiger partial charge in [0.1, 0.15) is 5.82 Å². The highest BCUT2D eigenvalue weighted by atomic mass is 32.2. The molecule has 4 aromatic rings. The Bertz CT molecular complexity index is 993. The SMILES string of the molecule is CCSc1ccc2nc(-c3ccnc(-c4ccccc4)c3)[nH]c2c1.O.O.[HH]. The van der Waals surface area contributed by atoms with Crippen LogP contribution in [0.5, 0.6) is 0 Å². The molecule has 4 rings (SSSR count). The second kappa shape index (κ2) is 8.62. The van der Waals surface area contributed by atoms with Crippen LogP contribution in [-0.2, 0) is 0 Å². The van der Waals surface area contributed by atoms with Crippen LogP contribution in [0.25, 0.3) is 33.7 Å². The molecule has 0 aliphatic carbocycles. The van der Waals surface area contributed by atoms with Gasteiger partial charge in [0.25, 0.3) is 0 Å². The van der Waals surface area contributed by atoms with Crippen LogP contribution < -0.4 is 0 Å². The van der Waals surface area contributed by atoms with Crippen LogP contribution in [-0.4, -0.2) is 31.7 Å². The van der Waals surface area contributed by atoms with E-state index in [1.54, 1.807) is 0 Å². The number of aromatic nitrogens is 3. The van der Waals surface area contributed by atoms with Gasteiger partial charge in [-0.05, 0) is 36.1 Å². The van der Waals surface area contributed by atoms with Crippen LogP contribution in [0.15, 0.2) is 71.8 Å². The molecule has 0 saturated carbocycles. The van der Waals surface area contributed by atoms with E-state index in [4.69, 9.17) is 4.98 Å². The molecule has 136 valence electrons. The summed E-state index contributed by atoms with van der Waals surface area (Å²) in [6.07, 6.45) is 1.84. The predicted molar refractivity (Wildman–Crippen MR) is 111 cm³/mol. The Balaban J connectivity index is 0.00000121. The lowest BCUT2D eigenvalue weighted by Crippen LogP contribution is -1.86. The summed E-state index contributed by atoms with van der Waals surface area (Å²) < 4.78 is 0. The average Bonchev–Trinajstić information content (AvgIpc) is 3.06. The van der Waals surface area contributed by atoms with E-state index in [9.17, 15) is 0 Å². The maximum Gasteiger partial charge on any atom is 0.138 e.